The van der Waals surface area contributed by atoms with Crippen LogP contribution in [0.4, 0.5) is 5.69 Å². The monoisotopic (exact) mass is 299 g/mol. The molecule has 1 fully saturated rings. The molecule has 1 aromatic carbocycles. The Balaban J connectivity index is 1.71. The van der Waals surface area contributed by atoms with E-state index in [4.69, 9.17) is 4.42 Å². The van der Waals surface area contributed by atoms with Crippen LogP contribution < -0.4 is 10.6 Å². The molecule has 0 bridgehead atoms. The number of nitrogens with zero attached hydrogens (tertiary/aromatic N) is 1. The molecule has 2 N–H and O–H groups in total. The molecular formula is C16H17N3O3. The first kappa shape index (κ1) is 14.3. The van der Waals surface area contributed by atoms with Crippen LogP contribution in [0.25, 0.3) is 11.3 Å². The minimum Gasteiger partial charge on any atom is -0.444 e. The number of benzene rings is 1. The van der Waals surface area contributed by atoms with E-state index < -0.39 is 6.04 Å². The molecule has 0 saturated carbocycles. The van der Waals surface area contributed by atoms with Gasteiger partial charge in [-0.1, -0.05) is 18.6 Å². The van der Waals surface area contributed by atoms with Gasteiger partial charge in [0, 0.05) is 17.7 Å². The zero-order valence-electron chi connectivity index (χ0n) is 12.0. The molecule has 1 aliphatic rings. The molecule has 1 unspecified atom stereocenters. The van der Waals surface area contributed by atoms with E-state index in [1.807, 2.05) is 18.2 Å². The Bertz CT molecular complexity index is 667. The standard InChI is InChI=1S/C16H17N3O3/c20-15-7-2-1-6-13(19-15)16(21)18-12-5-3-4-11(8-12)14-9-17-10-22-14/h3-5,8-10,13H,1-2,6-7H2,(H,18,21)(H,19,20). The summed E-state index contributed by atoms with van der Waals surface area (Å²) in [6.45, 7) is 0. The maximum atomic E-state index is 12.3. The first-order valence-corrected chi connectivity index (χ1v) is 7.31. The largest absolute Gasteiger partial charge is 0.444 e. The van der Waals surface area contributed by atoms with Crippen LogP contribution in [0.15, 0.2) is 41.3 Å². The fourth-order valence-corrected chi connectivity index (χ4v) is 2.51. The second-order valence-electron chi connectivity index (χ2n) is 5.30. The molecule has 114 valence electrons. The lowest BCUT2D eigenvalue weighted by atomic mass is 10.1. The number of rotatable bonds is 3. The fourth-order valence-electron chi connectivity index (χ4n) is 2.51. The number of nitrogens with one attached hydrogen (secondary N) is 2. The van der Waals surface area contributed by atoms with Crippen LogP contribution in [0.1, 0.15) is 25.7 Å². The number of hydrogen-bond donors (Lipinski definition) is 2. The quantitative estimate of drug-likeness (QED) is 0.911. The Kier molecular flexibility index (Phi) is 4.18. The molecule has 2 heterocycles. The summed E-state index contributed by atoms with van der Waals surface area (Å²) in [6.07, 6.45) is 5.84. The first-order chi connectivity index (χ1) is 10.7. The summed E-state index contributed by atoms with van der Waals surface area (Å²) in [5.74, 6) is 0.386. The van der Waals surface area contributed by atoms with Gasteiger partial charge in [0.05, 0.1) is 6.20 Å². The van der Waals surface area contributed by atoms with Crippen molar-refractivity contribution in [2.45, 2.75) is 31.7 Å². The van der Waals surface area contributed by atoms with E-state index in [1.165, 1.54) is 6.39 Å². The molecule has 0 spiro atoms. The Morgan fingerprint density at radius 2 is 2.27 bits per heavy atom. The van der Waals surface area contributed by atoms with Crippen LogP contribution in [0.2, 0.25) is 0 Å². The second-order valence-corrected chi connectivity index (χ2v) is 5.30. The van der Waals surface area contributed by atoms with Crippen molar-refractivity contribution in [3.63, 3.8) is 0 Å². The molecule has 1 saturated heterocycles. The summed E-state index contributed by atoms with van der Waals surface area (Å²) < 4.78 is 5.25. The highest BCUT2D eigenvalue weighted by Gasteiger charge is 2.23. The van der Waals surface area contributed by atoms with Gasteiger partial charge in [0.1, 0.15) is 6.04 Å². The van der Waals surface area contributed by atoms with Crippen LogP contribution in [0, 0.1) is 0 Å². The van der Waals surface area contributed by atoms with Crippen molar-refractivity contribution in [3.05, 3.63) is 36.9 Å². The number of oxazole rings is 1. The van der Waals surface area contributed by atoms with E-state index in [9.17, 15) is 9.59 Å². The smallest absolute Gasteiger partial charge is 0.246 e. The third kappa shape index (κ3) is 3.33. The molecule has 1 aromatic heterocycles. The lowest BCUT2D eigenvalue weighted by Crippen LogP contribution is -2.42. The maximum Gasteiger partial charge on any atom is 0.246 e. The first-order valence-electron chi connectivity index (χ1n) is 7.31. The Hall–Kier alpha value is -2.63. The third-order valence-electron chi connectivity index (χ3n) is 3.65. The van der Waals surface area contributed by atoms with Gasteiger partial charge in [-0.15, -0.1) is 0 Å². The third-order valence-corrected chi connectivity index (χ3v) is 3.65. The highest BCUT2D eigenvalue weighted by Crippen LogP contribution is 2.22. The Morgan fingerprint density at radius 1 is 1.36 bits per heavy atom. The van der Waals surface area contributed by atoms with Gasteiger partial charge in [-0.25, -0.2) is 4.98 Å². The summed E-state index contributed by atoms with van der Waals surface area (Å²) in [7, 11) is 0. The molecule has 2 aromatic rings. The summed E-state index contributed by atoms with van der Waals surface area (Å²) >= 11 is 0. The van der Waals surface area contributed by atoms with Crippen molar-refractivity contribution in [1.82, 2.24) is 10.3 Å². The predicted molar refractivity (Wildman–Crippen MR) is 81.0 cm³/mol. The van der Waals surface area contributed by atoms with Gasteiger partial charge in [-0.3, -0.25) is 9.59 Å². The SMILES string of the molecule is O=C1CCCCC(C(=O)Nc2cccc(-c3cnco3)c2)N1. The van der Waals surface area contributed by atoms with Crippen molar-refractivity contribution >= 4 is 17.5 Å². The molecule has 6 heteroatoms. The number of carbonyl (C=O) groups excluding carboxylic acids is 2. The van der Waals surface area contributed by atoms with Gasteiger partial charge in [0.25, 0.3) is 0 Å². The van der Waals surface area contributed by atoms with Crippen molar-refractivity contribution in [3.8, 4) is 11.3 Å². The van der Waals surface area contributed by atoms with E-state index in [2.05, 4.69) is 15.6 Å². The normalized spacial score (nSPS) is 18.4. The maximum absolute atomic E-state index is 12.3. The minimum absolute atomic E-state index is 0.0620. The highest BCUT2D eigenvalue weighted by molar-refractivity contribution is 5.97. The van der Waals surface area contributed by atoms with E-state index in [0.717, 1.165) is 18.4 Å². The number of hydrogen-bond acceptors (Lipinski definition) is 4. The van der Waals surface area contributed by atoms with Gasteiger partial charge >= 0.3 is 0 Å². The van der Waals surface area contributed by atoms with E-state index in [-0.39, 0.29) is 11.8 Å². The number of carbonyl (C=O) groups is 2. The molecule has 1 aliphatic heterocycles. The van der Waals surface area contributed by atoms with Gasteiger partial charge in [0.2, 0.25) is 11.8 Å². The molecule has 0 radical (unpaired) electrons. The molecule has 2 amide bonds. The average molecular weight is 299 g/mol. The van der Waals surface area contributed by atoms with Gasteiger partial charge in [0.15, 0.2) is 12.2 Å². The Labute approximate surface area is 127 Å². The second kappa shape index (κ2) is 6.43. The summed E-state index contributed by atoms with van der Waals surface area (Å²) in [5, 5.41) is 5.61. The molecular weight excluding hydrogens is 282 g/mol. The van der Waals surface area contributed by atoms with Crippen molar-refractivity contribution in [2.24, 2.45) is 0 Å². The topological polar surface area (TPSA) is 84.2 Å². The van der Waals surface area contributed by atoms with Crippen LogP contribution >= 0.6 is 0 Å². The summed E-state index contributed by atoms with van der Waals surface area (Å²) in [6, 6.07) is 6.86. The molecule has 22 heavy (non-hydrogen) atoms. The van der Waals surface area contributed by atoms with Crippen LogP contribution in [-0.4, -0.2) is 22.8 Å². The highest BCUT2D eigenvalue weighted by atomic mass is 16.3. The number of amides is 2. The van der Waals surface area contributed by atoms with E-state index in [1.54, 1.807) is 12.3 Å². The Morgan fingerprint density at radius 3 is 3.09 bits per heavy atom. The summed E-state index contributed by atoms with van der Waals surface area (Å²) in [5.41, 5.74) is 1.50. The van der Waals surface area contributed by atoms with Gasteiger partial charge in [-0.2, -0.15) is 0 Å². The van der Waals surface area contributed by atoms with Crippen molar-refractivity contribution < 1.29 is 14.0 Å². The fraction of sp³-hybridized carbons (Fsp3) is 0.312. The molecule has 6 nitrogen and oxygen atoms in total. The molecule has 0 aliphatic carbocycles. The zero-order chi connectivity index (χ0) is 15.4. The van der Waals surface area contributed by atoms with Crippen LogP contribution in [-0.2, 0) is 9.59 Å². The zero-order valence-corrected chi connectivity index (χ0v) is 12.0. The van der Waals surface area contributed by atoms with Crippen molar-refractivity contribution in [2.75, 3.05) is 5.32 Å². The summed E-state index contributed by atoms with van der Waals surface area (Å²) in [4.78, 5) is 27.7. The lowest BCUT2D eigenvalue weighted by molar-refractivity contribution is -0.125. The van der Waals surface area contributed by atoms with Crippen LogP contribution in [0.3, 0.4) is 0 Å². The van der Waals surface area contributed by atoms with E-state index >= 15 is 0 Å². The number of aromatic nitrogens is 1. The average Bonchev–Trinajstić information content (AvgIpc) is 2.96. The minimum atomic E-state index is -0.469. The van der Waals surface area contributed by atoms with Gasteiger partial charge in [-0.05, 0) is 25.0 Å². The van der Waals surface area contributed by atoms with Crippen molar-refractivity contribution in [1.29, 1.82) is 0 Å². The lowest BCUT2D eigenvalue weighted by Gasteiger charge is -2.15. The van der Waals surface area contributed by atoms with Gasteiger partial charge < -0.3 is 15.1 Å². The predicted octanol–water partition coefficient (Wildman–Crippen LogP) is 2.34. The molecule has 1 atom stereocenters. The molecule has 3 rings (SSSR count). The van der Waals surface area contributed by atoms with E-state index in [0.29, 0.717) is 24.3 Å². The number of anilines is 1. The van der Waals surface area contributed by atoms with Crippen LogP contribution in [0.5, 0.6) is 0 Å².